The fraction of sp³-hybridized carbons (Fsp3) is 0.0952. The minimum Gasteiger partial charge on any atom is -0.507 e. The second-order valence-electron chi connectivity index (χ2n) is 6.28. The van der Waals surface area contributed by atoms with Gasteiger partial charge in [0.05, 0.1) is 5.02 Å². The van der Waals surface area contributed by atoms with E-state index in [1.54, 1.807) is 30.3 Å². The molecule has 3 aromatic rings. The van der Waals surface area contributed by atoms with E-state index in [4.69, 9.17) is 45.3 Å². The molecule has 0 saturated carbocycles. The third-order valence-corrected chi connectivity index (χ3v) is 5.15. The second-order valence-corrected chi connectivity index (χ2v) is 7.50. The lowest BCUT2D eigenvalue weighted by atomic mass is 9.98. The van der Waals surface area contributed by atoms with Crippen LogP contribution in [0.25, 0.3) is 11.1 Å². The zero-order chi connectivity index (χ0) is 21.1. The van der Waals surface area contributed by atoms with Gasteiger partial charge in [-0.15, -0.1) is 0 Å². The third-order valence-electron chi connectivity index (χ3n) is 4.17. The molecule has 0 bridgehead atoms. The summed E-state index contributed by atoms with van der Waals surface area (Å²) >= 11 is 18.4. The van der Waals surface area contributed by atoms with E-state index in [0.717, 1.165) is 5.56 Å². The molecule has 0 aliphatic carbocycles. The Hall–Kier alpha value is -2.47. The number of amides is 1. The van der Waals surface area contributed by atoms with Crippen molar-refractivity contribution in [2.75, 3.05) is 6.61 Å². The van der Waals surface area contributed by atoms with E-state index in [-0.39, 0.29) is 17.4 Å². The molecule has 0 aliphatic rings. The first-order valence-electron chi connectivity index (χ1n) is 8.41. The van der Waals surface area contributed by atoms with E-state index in [1.165, 1.54) is 18.2 Å². The summed E-state index contributed by atoms with van der Waals surface area (Å²) in [5.74, 6) is -0.864. The van der Waals surface area contributed by atoms with Gasteiger partial charge in [0.1, 0.15) is 17.3 Å². The maximum atomic E-state index is 13.8. The van der Waals surface area contributed by atoms with E-state index < -0.39 is 11.7 Å². The Bertz CT molecular complexity index is 1070. The molecule has 0 aromatic heterocycles. The normalized spacial score (nSPS) is 10.8. The molecule has 0 heterocycles. The molecule has 3 aromatic carbocycles. The van der Waals surface area contributed by atoms with Crippen molar-refractivity contribution in [2.45, 2.75) is 6.42 Å². The number of benzene rings is 3. The Morgan fingerprint density at radius 2 is 1.69 bits per heavy atom. The number of halogens is 4. The van der Waals surface area contributed by atoms with Crippen LogP contribution < -0.4 is 10.5 Å². The van der Waals surface area contributed by atoms with Gasteiger partial charge in [0, 0.05) is 22.0 Å². The van der Waals surface area contributed by atoms with Crippen LogP contribution in [-0.4, -0.2) is 17.6 Å². The minimum absolute atomic E-state index is 0.00148. The van der Waals surface area contributed by atoms with Crippen molar-refractivity contribution in [2.24, 2.45) is 5.73 Å². The number of carbonyl (C=O) groups is 1. The van der Waals surface area contributed by atoms with Crippen LogP contribution in [0.2, 0.25) is 15.1 Å². The highest BCUT2D eigenvalue weighted by Crippen LogP contribution is 2.35. The number of rotatable bonds is 6. The number of primary amides is 1. The summed E-state index contributed by atoms with van der Waals surface area (Å²) in [5.41, 5.74) is 7.43. The number of hydrogen-bond donors (Lipinski definition) is 2. The molecule has 3 rings (SSSR count). The Balaban J connectivity index is 1.91. The van der Waals surface area contributed by atoms with Gasteiger partial charge >= 0.3 is 0 Å². The fourth-order valence-corrected chi connectivity index (χ4v) is 3.50. The molecule has 0 saturated heterocycles. The summed E-state index contributed by atoms with van der Waals surface area (Å²) in [5, 5.41) is 10.9. The molecule has 150 valence electrons. The summed E-state index contributed by atoms with van der Waals surface area (Å²) in [6.07, 6.45) is 0.358. The SMILES string of the molecule is NC(=O)COc1cc(Cl)c(Cc2ccc(O)c(-c3ccc(Cl)c(F)c3)c2)c(Cl)c1. The van der Waals surface area contributed by atoms with Crippen LogP contribution in [0.5, 0.6) is 11.5 Å². The predicted octanol–water partition coefficient (Wildman–Crippen LogP) is 5.61. The zero-order valence-corrected chi connectivity index (χ0v) is 17.2. The van der Waals surface area contributed by atoms with Crippen LogP contribution in [0.4, 0.5) is 4.39 Å². The van der Waals surface area contributed by atoms with Gasteiger partial charge < -0.3 is 15.6 Å². The predicted molar refractivity (Wildman–Crippen MR) is 112 cm³/mol. The number of ether oxygens (including phenoxy) is 1. The molecule has 3 N–H and O–H groups in total. The average molecular weight is 455 g/mol. The Labute approximate surface area is 181 Å². The molecular formula is C21H15Cl3FNO3. The van der Waals surface area contributed by atoms with E-state index >= 15 is 0 Å². The summed E-state index contributed by atoms with van der Waals surface area (Å²) in [4.78, 5) is 10.8. The van der Waals surface area contributed by atoms with Crippen LogP contribution in [0.1, 0.15) is 11.1 Å². The van der Waals surface area contributed by atoms with Crippen LogP contribution >= 0.6 is 34.8 Å². The van der Waals surface area contributed by atoms with Crippen LogP contribution in [0, 0.1) is 5.82 Å². The molecule has 0 unspecified atom stereocenters. The third kappa shape index (κ3) is 5.12. The monoisotopic (exact) mass is 453 g/mol. The smallest absolute Gasteiger partial charge is 0.255 e. The highest BCUT2D eigenvalue weighted by Gasteiger charge is 2.13. The van der Waals surface area contributed by atoms with Gasteiger partial charge in [0.2, 0.25) is 0 Å². The molecule has 0 fully saturated rings. The van der Waals surface area contributed by atoms with Crippen LogP contribution in [0.15, 0.2) is 48.5 Å². The topological polar surface area (TPSA) is 72.6 Å². The quantitative estimate of drug-likeness (QED) is 0.508. The number of carbonyl (C=O) groups excluding carboxylic acids is 1. The molecule has 8 heteroatoms. The summed E-state index contributed by atoms with van der Waals surface area (Å²) in [7, 11) is 0. The number of phenols is 1. The maximum Gasteiger partial charge on any atom is 0.255 e. The first kappa shape index (κ1) is 21.2. The van der Waals surface area contributed by atoms with E-state index in [2.05, 4.69) is 0 Å². The van der Waals surface area contributed by atoms with Crippen molar-refractivity contribution >= 4 is 40.7 Å². The zero-order valence-electron chi connectivity index (χ0n) is 14.9. The van der Waals surface area contributed by atoms with Gasteiger partial charge in [-0.25, -0.2) is 4.39 Å². The first-order chi connectivity index (χ1) is 13.7. The molecule has 1 amide bonds. The molecule has 0 atom stereocenters. The summed E-state index contributed by atoms with van der Waals surface area (Å²) < 4.78 is 19.0. The molecular weight excluding hydrogens is 440 g/mol. The van der Waals surface area contributed by atoms with Crippen LogP contribution in [0.3, 0.4) is 0 Å². The van der Waals surface area contributed by atoms with Gasteiger partial charge in [-0.1, -0.05) is 46.9 Å². The lowest BCUT2D eigenvalue weighted by Gasteiger charge is -2.13. The maximum absolute atomic E-state index is 13.8. The van der Waals surface area contributed by atoms with Crippen molar-refractivity contribution in [1.82, 2.24) is 0 Å². The Morgan fingerprint density at radius 1 is 1.00 bits per heavy atom. The number of phenolic OH excluding ortho intramolecular Hbond substituents is 1. The number of aromatic hydroxyl groups is 1. The minimum atomic E-state index is -0.614. The standard InChI is InChI=1S/C21H15Cl3FNO3/c22-16-3-2-12(7-19(16)25)14-5-11(1-4-20(14)27)6-15-17(23)8-13(9-18(15)24)29-10-21(26)28/h1-5,7-9,27H,6,10H2,(H2,26,28). The summed E-state index contributed by atoms with van der Waals surface area (Å²) in [6.45, 7) is -0.287. The van der Waals surface area contributed by atoms with Gasteiger partial charge in [0.15, 0.2) is 6.61 Å². The van der Waals surface area contributed by atoms with Crippen molar-refractivity contribution in [3.8, 4) is 22.6 Å². The van der Waals surface area contributed by atoms with Crippen molar-refractivity contribution in [3.05, 3.63) is 80.5 Å². The van der Waals surface area contributed by atoms with E-state index in [9.17, 15) is 14.3 Å². The lowest BCUT2D eigenvalue weighted by molar-refractivity contribution is -0.119. The molecule has 0 spiro atoms. The van der Waals surface area contributed by atoms with Gasteiger partial charge in [-0.3, -0.25) is 4.79 Å². The van der Waals surface area contributed by atoms with Crippen LogP contribution in [-0.2, 0) is 11.2 Å². The highest BCUT2D eigenvalue weighted by atomic mass is 35.5. The molecule has 0 aliphatic heterocycles. The van der Waals surface area contributed by atoms with Crippen molar-refractivity contribution in [1.29, 1.82) is 0 Å². The van der Waals surface area contributed by atoms with Gasteiger partial charge in [0.25, 0.3) is 5.91 Å². The Kier molecular flexibility index (Phi) is 6.52. The van der Waals surface area contributed by atoms with Crippen molar-refractivity contribution < 1.29 is 19.0 Å². The largest absolute Gasteiger partial charge is 0.507 e. The average Bonchev–Trinajstić information content (AvgIpc) is 2.66. The molecule has 29 heavy (non-hydrogen) atoms. The molecule has 0 radical (unpaired) electrons. The number of hydrogen-bond acceptors (Lipinski definition) is 3. The van der Waals surface area contributed by atoms with E-state index in [0.29, 0.717) is 38.9 Å². The lowest BCUT2D eigenvalue weighted by Crippen LogP contribution is -2.20. The molecule has 4 nitrogen and oxygen atoms in total. The highest BCUT2D eigenvalue weighted by molar-refractivity contribution is 6.36. The van der Waals surface area contributed by atoms with Gasteiger partial charge in [-0.05, 0) is 53.1 Å². The first-order valence-corrected chi connectivity index (χ1v) is 9.54. The number of nitrogens with two attached hydrogens (primary N) is 1. The second kappa shape index (κ2) is 8.91. The van der Waals surface area contributed by atoms with Crippen molar-refractivity contribution in [3.63, 3.8) is 0 Å². The fourth-order valence-electron chi connectivity index (χ4n) is 2.78. The summed E-state index contributed by atoms with van der Waals surface area (Å²) in [6, 6.07) is 12.3. The van der Waals surface area contributed by atoms with E-state index in [1.807, 2.05) is 0 Å². The Morgan fingerprint density at radius 3 is 2.31 bits per heavy atom. The van der Waals surface area contributed by atoms with Gasteiger partial charge in [-0.2, -0.15) is 0 Å².